The third kappa shape index (κ3) is 3.15. The summed E-state index contributed by atoms with van der Waals surface area (Å²) in [4.78, 5) is 2.33. The smallest absolute Gasteiger partial charge is 0.387 e. The van der Waals surface area contributed by atoms with Crippen LogP contribution in [0.3, 0.4) is 0 Å². The van der Waals surface area contributed by atoms with E-state index >= 15 is 0 Å². The van der Waals surface area contributed by atoms with Crippen LogP contribution in [0.1, 0.15) is 24.8 Å². The van der Waals surface area contributed by atoms with Gasteiger partial charge >= 0.3 is 6.61 Å². The summed E-state index contributed by atoms with van der Waals surface area (Å²) in [6.07, 6.45) is 3.54. The van der Waals surface area contributed by atoms with Crippen molar-refractivity contribution in [2.24, 2.45) is 5.41 Å². The molecular formula is C17H22F2N2O3. The van der Waals surface area contributed by atoms with Gasteiger partial charge in [0.2, 0.25) is 6.79 Å². The Morgan fingerprint density at radius 1 is 1.17 bits per heavy atom. The van der Waals surface area contributed by atoms with Gasteiger partial charge in [0.1, 0.15) is 5.75 Å². The minimum Gasteiger partial charge on any atom is -0.454 e. The molecule has 3 aliphatic heterocycles. The van der Waals surface area contributed by atoms with Crippen LogP contribution in [0.4, 0.5) is 8.78 Å². The fourth-order valence-electron chi connectivity index (χ4n) is 4.06. The van der Waals surface area contributed by atoms with Gasteiger partial charge in [0, 0.05) is 24.7 Å². The summed E-state index contributed by atoms with van der Waals surface area (Å²) in [5, 5.41) is 3.41. The van der Waals surface area contributed by atoms with E-state index in [2.05, 4.69) is 10.2 Å². The Morgan fingerprint density at radius 2 is 1.92 bits per heavy atom. The summed E-state index contributed by atoms with van der Waals surface area (Å²) < 4.78 is 40.8. The fourth-order valence-corrected chi connectivity index (χ4v) is 4.06. The number of ether oxygens (including phenoxy) is 3. The highest BCUT2D eigenvalue weighted by molar-refractivity contribution is 5.51. The molecule has 0 atom stereocenters. The van der Waals surface area contributed by atoms with E-state index in [0.717, 1.165) is 31.7 Å². The monoisotopic (exact) mass is 340 g/mol. The van der Waals surface area contributed by atoms with Crippen LogP contribution in [0, 0.1) is 5.41 Å². The number of nitrogens with one attached hydrogen (secondary N) is 1. The summed E-state index contributed by atoms with van der Waals surface area (Å²) in [5.74, 6) is 1.24. The molecule has 1 N–H and O–H groups in total. The molecule has 7 heteroatoms. The molecule has 0 radical (unpaired) electrons. The maximum atomic E-state index is 12.7. The molecule has 4 rings (SSSR count). The molecular weight excluding hydrogens is 318 g/mol. The molecule has 0 unspecified atom stereocenters. The molecule has 1 spiro atoms. The van der Waals surface area contributed by atoms with Crippen LogP contribution in [-0.4, -0.2) is 44.5 Å². The van der Waals surface area contributed by atoms with Crippen molar-refractivity contribution in [3.8, 4) is 17.2 Å². The molecule has 3 aliphatic rings. The van der Waals surface area contributed by atoms with Gasteiger partial charge in [0.15, 0.2) is 11.5 Å². The Hall–Kier alpha value is -1.60. The van der Waals surface area contributed by atoms with E-state index < -0.39 is 6.61 Å². The van der Waals surface area contributed by atoms with Gasteiger partial charge in [-0.3, -0.25) is 4.90 Å². The number of fused-ring (bicyclic) bond motifs is 1. The summed E-state index contributed by atoms with van der Waals surface area (Å²) in [6.45, 7) is 1.99. The number of rotatable bonds is 4. The van der Waals surface area contributed by atoms with Gasteiger partial charge in [-0.1, -0.05) is 0 Å². The highest BCUT2D eigenvalue weighted by Crippen LogP contribution is 2.42. The van der Waals surface area contributed by atoms with Crippen LogP contribution in [0.15, 0.2) is 12.1 Å². The lowest BCUT2D eigenvalue weighted by molar-refractivity contribution is -0.0508. The largest absolute Gasteiger partial charge is 0.454 e. The molecule has 1 aromatic rings. The van der Waals surface area contributed by atoms with E-state index in [0.29, 0.717) is 23.5 Å². The molecule has 0 aromatic heterocycles. The number of likely N-dealkylation sites (tertiary alicyclic amines) is 1. The molecule has 0 amide bonds. The fraction of sp³-hybridized carbons (Fsp3) is 0.647. The van der Waals surface area contributed by atoms with Crippen molar-refractivity contribution in [3.63, 3.8) is 0 Å². The van der Waals surface area contributed by atoms with Crippen molar-refractivity contribution in [1.29, 1.82) is 0 Å². The van der Waals surface area contributed by atoms with Crippen LogP contribution in [-0.2, 0) is 6.54 Å². The maximum Gasteiger partial charge on any atom is 0.387 e. The Kier molecular flexibility index (Phi) is 4.22. The van der Waals surface area contributed by atoms with E-state index in [1.807, 2.05) is 0 Å². The first-order chi connectivity index (χ1) is 11.6. The Morgan fingerprint density at radius 3 is 2.67 bits per heavy atom. The normalized spacial score (nSPS) is 22.5. The van der Waals surface area contributed by atoms with Gasteiger partial charge in [-0.25, -0.2) is 0 Å². The van der Waals surface area contributed by atoms with Crippen molar-refractivity contribution in [3.05, 3.63) is 17.7 Å². The quantitative estimate of drug-likeness (QED) is 0.913. The Labute approximate surface area is 139 Å². The lowest BCUT2D eigenvalue weighted by Crippen LogP contribution is -2.38. The molecule has 24 heavy (non-hydrogen) atoms. The SMILES string of the molecule is FC(F)Oc1cc2c(cc1CN1CCC3(CCNCC3)C1)OCO2. The van der Waals surface area contributed by atoms with Crippen molar-refractivity contribution in [2.45, 2.75) is 32.4 Å². The third-order valence-electron chi connectivity index (χ3n) is 5.35. The zero-order chi connectivity index (χ0) is 16.6. The predicted octanol–water partition coefficient (Wildman–Crippen LogP) is 2.59. The van der Waals surface area contributed by atoms with Gasteiger partial charge in [0.05, 0.1) is 0 Å². The zero-order valence-corrected chi connectivity index (χ0v) is 13.5. The molecule has 2 saturated heterocycles. The second-order valence-corrected chi connectivity index (χ2v) is 6.90. The molecule has 0 saturated carbocycles. The number of piperidine rings is 1. The first kappa shape index (κ1) is 15.9. The van der Waals surface area contributed by atoms with Gasteiger partial charge in [-0.15, -0.1) is 0 Å². The number of alkyl halides is 2. The number of hydrogen-bond donors (Lipinski definition) is 1. The van der Waals surface area contributed by atoms with Crippen molar-refractivity contribution in [2.75, 3.05) is 33.0 Å². The molecule has 0 bridgehead atoms. The number of benzene rings is 1. The third-order valence-corrected chi connectivity index (χ3v) is 5.35. The van der Waals surface area contributed by atoms with Crippen LogP contribution in [0.25, 0.3) is 0 Å². The predicted molar refractivity (Wildman–Crippen MR) is 83.6 cm³/mol. The maximum absolute atomic E-state index is 12.7. The second kappa shape index (κ2) is 6.37. The standard InChI is InChI=1S/C17H22F2N2O3/c18-16(19)24-13-8-15-14(22-11-23-15)7-12(13)9-21-6-3-17(10-21)1-4-20-5-2-17/h7-8,16,20H,1-6,9-11H2. The van der Waals surface area contributed by atoms with E-state index in [1.54, 1.807) is 6.07 Å². The summed E-state index contributed by atoms with van der Waals surface area (Å²) in [7, 11) is 0. The zero-order valence-electron chi connectivity index (χ0n) is 13.5. The van der Waals surface area contributed by atoms with Crippen LogP contribution >= 0.6 is 0 Å². The highest BCUT2D eigenvalue weighted by atomic mass is 19.3. The first-order valence-electron chi connectivity index (χ1n) is 8.44. The number of halogens is 2. The van der Waals surface area contributed by atoms with Crippen LogP contribution in [0.5, 0.6) is 17.2 Å². The lowest BCUT2D eigenvalue weighted by atomic mass is 9.78. The molecule has 132 valence electrons. The molecule has 1 aromatic carbocycles. The van der Waals surface area contributed by atoms with E-state index in [4.69, 9.17) is 14.2 Å². The average molecular weight is 340 g/mol. The highest BCUT2D eigenvalue weighted by Gasteiger charge is 2.39. The van der Waals surface area contributed by atoms with E-state index in [1.165, 1.54) is 25.3 Å². The lowest BCUT2D eigenvalue weighted by Gasteiger charge is -2.34. The Balaban J connectivity index is 1.51. The minimum absolute atomic E-state index is 0.118. The molecule has 2 fully saturated rings. The second-order valence-electron chi connectivity index (χ2n) is 6.90. The van der Waals surface area contributed by atoms with Gasteiger partial charge in [-0.2, -0.15) is 8.78 Å². The van der Waals surface area contributed by atoms with Crippen molar-refractivity contribution < 1.29 is 23.0 Å². The molecule has 3 heterocycles. The minimum atomic E-state index is -2.85. The van der Waals surface area contributed by atoms with Gasteiger partial charge < -0.3 is 19.5 Å². The number of hydrogen-bond acceptors (Lipinski definition) is 5. The topological polar surface area (TPSA) is 43.0 Å². The summed E-state index contributed by atoms with van der Waals surface area (Å²) in [5.41, 5.74) is 1.11. The van der Waals surface area contributed by atoms with E-state index in [-0.39, 0.29) is 12.5 Å². The number of nitrogens with zero attached hydrogens (tertiary/aromatic N) is 1. The van der Waals surface area contributed by atoms with Gasteiger partial charge in [0.25, 0.3) is 0 Å². The molecule has 5 nitrogen and oxygen atoms in total. The van der Waals surface area contributed by atoms with Crippen molar-refractivity contribution >= 4 is 0 Å². The average Bonchev–Trinajstić information content (AvgIpc) is 3.15. The van der Waals surface area contributed by atoms with Crippen LogP contribution < -0.4 is 19.5 Å². The van der Waals surface area contributed by atoms with E-state index in [9.17, 15) is 8.78 Å². The van der Waals surface area contributed by atoms with Crippen LogP contribution in [0.2, 0.25) is 0 Å². The summed E-state index contributed by atoms with van der Waals surface area (Å²) in [6, 6.07) is 3.29. The Bertz CT molecular complexity index is 606. The van der Waals surface area contributed by atoms with Gasteiger partial charge in [-0.05, 0) is 50.4 Å². The summed E-state index contributed by atoms with van der Waals surface area (Å²) >= 11 is 0. The molecule has 0 aliphatic carbocycles. The van der Waals surface area contributed by atoms with Crippen molar-refractivity contribution in [1.82, 2.24) is 10.2 Å². The first-order valence-corrected chi connectivity index (χ1v) is 8.44.